The second-order valence-corrected chi connectivity index (χ2v) is 6.84. The van der Waals surface area contributed by atoms with Gasteiger partial charge in [-0.3, -0.25) is 0 Å². The highest BCUT2D eigenvalue weighted by Crippen LogP contribution is 2.36. The Kier molecular flexibility index (Phi) is 3.57. The van der Waals surface area contributed by atoms with E-state index in [9.17, 15) is 0 Å². The number of nitrogens with two attached hydrogens (primary N) is 1. The van der Waals surface area contributed by atoms with Crippen LogP contribution in [0.3, 0.4) is 0 Å². The van der Waals surface area contributed by atoms with Crippen LogP contribution in [0.25, 0.3) is 22.3 Å². The van der Waals surface area contributed by atoms with Crippen molar-refractivity contribution in [3.05, 3.63) is 66.1 Å². The van der Waals surface area contributed by atoms with Crippen molar-refractivity contribution in [1.29, 1.82) is 0 Å². The molecule has 2 heterocycles. The van der Waals surface area contributed by atoms with Crippen molar-refractivity contribution in [2.24, 2.45) is 0 Å². The molecule has 27 heavy (non-hydrogen) atoms. The summed E-state index contributed by atoms with van der Waals surface area (Å²) in [4.78, 5) is 8.74. The fraction of sp³-hybridized carbons (Fsp3) is 0.190. The van der Waals surface area contributed by atoms with Crippen LogP contribution in [-0.4, -0.2) is 26.9 Å². The molecule has 0 aliphatic heterocycles. The first kappa shape index (κ1) is 15.8. The molecule has 0 spiro atoms. The summed E-state index contributed by atoms with van der Waals surface area (Å²) in [6, 6.07) is 14.6. The number of anilines is 1. The molecule has 1 aliphatic carbocycles. The van der Waals surface area contributed by atoms with Gasteiger partial charge in [0, 0.05) is 11.8 Å². The first-order valence-electron chi connectivity index (χ1n) is 8.93. The molecule has 1 aliphatic rings. The molecule has 2 aromatic carbocycles. The van der Waals surface area contributed by atoms with E-state index in [4.69, 9.17) is 15.6 Å². The number of methoxy groups -OCH3 is 1. The van der Waals surface area contributed by atoms with Crippen LogP contribution in [-0.2, 0) is 12.8 Å². The molecule has 0 fully saturated rings. The summed E-state index contributed by atoms with van der Waals surface area (Å²) >= 11 is 0. The molecule has 0 saturated heterocycles. The van der Waals surface area contributed by atoms with E-state index in [2.05, 4.69) is 34.2 Å². The summed E-state index contributed by atoms with van der Waals surface area (Å²) in [5.41, 5.74) is 12.1. The van der Waals surface area contributed by atoms with Gasteiger partial charge in [0.05, 0.1) is 24.2 Å². The predicted molar refractivity (Wildman–Crippen MR) is 105 cm³/mol. The highest BCUT2D eigenvalue weighted by molar-refractivity contribution is 5.91. The van der Waals surface area contributed by atoms with E-state index in [1.807, 2.05) is 29.1 Å². The second kappa shape index (κ2) is 6.09. The Morgan fingerprint density at radius 1 is 1.11 bits per heavy atom. The van der Waals surface area contributed by atoms with Gasteiger partial charge in [-0.2, -0.15) is 5.10 Å². The summed E-state index contributed by atoms with van der Waals surface area (Å²) in [6.45, 7) is 0. The summed E-state index contributed by atoms with van der Waals surface area (Å²) in [5.74, 6) is 0.657. The maximum Gasteiger partial charge on any atom is 0.162 e. The monoisotopic (exact) mass is 357 g/mol. The van der Waals surface area contributed by atoms with Crippen molar-refractivity contribution in [2.75, 3.05) is 12.8 Å². The summed E-state index contributed by atoms with van der Waals surface area (Å²) < 4.78 is 7.32. The van der Waals surface area contributed by atoms with Crippen LogP contribution in [0.5, 0.6) is 5.75 Å². The fourth-order valence-electron chi connectivity index (χ4n) is 3.94. The Hall–Kier alpha value is -3.41. The lowest BCUT2D eigenvalue weighted by Crippen LogP contribution is -2.11. The molecule has 0 unspecified atom stereocenters. The summed E-state index contributed by atoms with van der Waals surface area (Å²) in [5, 5.41) is 5.87. The molecule has 0 atom stereocenters. The molecule has 2 N–H and O–H groups in total. The molecule has 0 saturated carbocycles. The van der Waals surface area contributed by atoms with Gasteiger partial charge < -0.3 is 10.5 Å². The standard InChI is InChI=1S/C21H19N5O/c1-27-19-7-6-15(10-18(19)22)20-17-11-23-12-24-21(17)26(25-20)16-8-13-4-2-3-5-14(13)9-16/h2-7,10-12,16H,8-9,22H2,1H3. The van der Waals surface area contributed by atoms with Crippen molar-refractivity contribution in [3.63, 3.8) is 0 Å². The Morgan fingerprint density at radius 3 is 2.59 bits per heavy atom. The maximum absolute atomic E-state index is 6.11. The number of hydrogen-bond acceptors (Lipinski definition) is 5. The number of rotatable bonds is 3. The lowest BCUT2D eigenvalue weighted by atomic mass is 10.1. The lowest BCUT2D eigenvalue weighted by Gasteiger charge is -2.10. The predicted octanol–water partition coefficient (Wildman–Crippen LogP) is 3.42. The van der Waals surface area contributed by atoms with E-state index in [1.165, 1.54) is 11.1 Å². The number of benzene rings is 2. The number of aromatic nitrogens is 4. The normalized spacial score (nSPS) is 13.8. The molecule has 6 heteroatoms. The molecule has 0 bridgehead atoms. The Balaban J connectivity index is 1.63. The second-order valence-electron chi connectivity index (χ2n) is 6.84. The largest absolute Gasteiger partial charge is 0.495 e. The van der Waals surface area contributed by atoms with Crippen molar-refractivity contribution in [3.8, 4) is 17.0 Å². The average Bonchev–Trinajstić information content (AvgIpc) is 3.29. The number of nitrogens with zero attached hydrogens (tertiary/aromatic N) is 4. The number of nitrogen functional groups attached to an aromatic ring is 1. The van der Waals surface area contributed by atoms with Crippen molar-refractivity contribution in [1.82, 2.24) is 19.7 Å². The maximum atomic E-state index is 6.11. The van der Waals surface area contributed by atoms with Crippen LogP contribution in [0.4, 0.5) is 5.69 Å². The molecule has 0 radical (unpaired) electrons. The zero-order chi connectivity index (χ0) is 18.4. The molecule has 5 rings (SSSR count). The molecule has 2 aromatic heterocycles. The van der Waals surface area contributed by atoms with Gasteiger partial charge in [0.2, 0.25) is 0 Å². The third-order valence-corrected chi connectivity index (χ3v) is 5.25. The molecule has 134 valence electrons. The minimum absolute atomic E-state index is 0.254. The van der Waals surface area contributed by atoms with Crippen LogP contribution >= 0.6 is 0 Å². The minimum Gasteiger partial charge on any atom is -0.495 e. The first-order valence-corrected chi connectivity index (χ1v) is 8.93. The SMILES string of the molecule is COc1ccc(-c2nn(C3Cc4ccccc4C3)c3ncncc23)cc1N. The number of fused-ring (bicyclic) bond motifs is 2. The van der Waals surface area contributed by atoms with Crippen molar-refractivity contribution < 1.29 is 4.74 Å². The van der Waals surface area contributed by atoms with E-state index < -0.39 is 0 Å². The zero-order valence-electron chi connectivity index (χ0n) is 15.0. The Bertz CT molecular complexity index is 1130. The van der Waals surface area contributed by atoms with Gasteiger partial charge in [0.25, 0.3) is 0 Å². The van der Waals surface area contributed by atoms with Crippen LogP contribution < -0.4 is 10.5 Å². The van der Waals surface area contributed by atoms with Gasteiger partial charge in [-0.05, 0) is 42.2 Å². The fourth-order valence-corrected chi connectivity index (χ4v) is 3.94. The summed E-state index contributed by atoms with van der Waals surface area (Å²) in [7, 11) is 1.61. The zero-order valence-corrected chi connectivity index (χ0v) is 15.0. The first-order chi connectivity index (χ1) is 13.2. The van der Waals surface area contributed by atoms with Gasteiger partial charge in [-0.25, -0.2) is 14.6 Å². The molecule has 0 amide bonds. The topological polar surface area (TPSA) is 78.8 Å². The van der Waals surface area contributed by atoms with Crippen LogP contribution in [0.15, 0.2) is 55.0 Å². The van der Waals surface area contributed by atoms with E-state index in [1.54, 1.807) is 13.4 Å². The van der Waals surface area contributed by atoms with Gasteiger partial charge in [0.15, 0.2) is 5.65 Å². The average molecular weight is 357 g/mol. The van der Waals surface area contributed by atoms with Crippen LogP contribution in [0.2, 0.25) is 0 Å². The molecular formula is C21H19N5O. The van der Waals surface area contributed by atoms with Crippen molar-refractivity contribution in [2.45, 2.75) is 18.9 Å². The van der Waals surface area contributed by atoms with Crippen molar-refractivity contribution >= 4 is 16.7 Å². The van der Waals surface area contributed by atoms with Gasteiger partial charge >= 0.3 is 0 Å². The third-order valence-electron chi connectivity index (χ3n) is 5.25. The van der Waals surface area contributed by atoms with Gasteiger partial charge in [0.1, 0.15) is 17.8 Å². The van der Waals surface area contributed by atoms with Gasteiger partial charge in [-0.15, -0.1) is 0 Å². The highest BCUT2D eigenvalue weighted by Gasteiger charge is 2.26. The van der Waals surface area contributed by atoms with Crippen LogP contribution in [0.1, 0.15) is 17.2 Å². The lowest BCUT2D eigenvalue weighted by molar-refractivity contribution is 0.417. The van der Waals surface area contributed by atoms with Gasteiger partial charge in [-0.1, -0.05) is 24.3 Å². The smallest absolute Gasteiger partial charge is 0.162 e. The Morgan fingerprint density at radius 2 is 1.89 bits per heavy atom. The number of hydrogen-bond donors (Lipinski definition) is 1. The summed E-state index contributed by atoms with van der Waals surface area (Å²) in [6.07, 6.45) is 5.32. The van der Waals surface area contributed by atoms with E-state index in [-0.39, 0.29) is 6.04 Å². The number of ether oxygens (including phenoxy) is 1. The third kappa shape index (κ3) is 2.52. The van der Waals surface area contributed by atoms with E-state index >= 15 is 0 Å². The van der Waals surface area contributed by atoms with E-state index in [0.29, 0.717) is 11.4 Å². The Labute approximate surface area is 156 Å². The van der Waals surface area contributed by atoms with E-state index in [0.717, 1.165) is 35.1 Å². The molecular weight excluding hydrogens is 338 g/mol. The molecule has 6 nitrogen and oxygen atoms in total. The quantitative estimate of drug-likeness (QED) is 0.568. The van der Waals surface area contributed by atoms with Crippen LogP contribution in [0, 0.1) is 0 Å². The highest BCUT2D eigenvalue weighted by atomic mass is 16.5. The molecule has 4 aromatic rings. The minimum atomic E-state index is 0.254.